The summed E-state index contributed by atoms with van der Waals surface area (Å²) in [4.78, 5) is 15.9. The molecular formula is C18H15BrN3O2. The van der Waals surface area contributed by atoms with E-state index in [2.05, 4.69) is 38.2 Å². The highest BCUT2D eigenvalue weighted by molar-refractivity contribution is 9.10. The fourth-order valence-corrected chi connectivity index (χ4v) is 2.71. The van der Waals surface area contributed by atoms with Crippen LogP contribution in [0.15, 0.2) is 57.5 Å². The molecule has 6 heteroatoms. The summed E-state index contributed by atoms with van der Waals surface area (Å²) in [5, 5.41) is 3.94. The van der Waals surface area contributed by atoms with Crippen molar-refractivity contribution in [2.45, 2.75) is 12.8 Å². The molecule has 0 atom stereocenters. The second-order valence-electron chi connectivity index (χ2n) is 5.24. The van der Waals surface area contributed by atoms with E-state index in [1.165, 1.54) is 5.56 Å². The third kappa shape index (κ3) is 3.89. The Morgan fingerprint density at radius 1 is 1.21 bits per heavy atom. The number of amides is 1. The minimum atomic E-state index is -0.536. The maximum absolute atomic E-state index is 11.6. The number of rotatable bonds is 6. The Morgan fingerprint density at radius 2 is 2.00 bits per heavy atom. The van der Waals surface area contributed by atoms with E-state index in [9.17, 15) is 4.79 Å². The van der Waals surface area contributed by atoms with Crippen LogP contribution in [0.2, 0.25) is 0 Å². The molecule has 0 bridgehead atoms. The van der Waals surface area contributed by atoms with Gasteiger partial charge in [-0.3, -0.25) is 4.79 Å². The van der Waals surface area contributed by atoms with Gasteiger partial charge in [-0.05, 0) is 36.6 Å². The van der Waals surface area contributed by atoms with Gasteiger partial charge in [-0.2, -0.15) is 4.98 Å². The van der Waals surface area contributed by atoms with Gasteiger partial charge < -0.3 is 10.3 Å². The van der Waals surface area contributed by atoms with Gasteiger partial charge in [-0.1, -0.05) is 51.4 Å². The summed E-state index contributed by atoms with van der Waals surface area (Å²) in [5.41, 5.74) is 7.57. The molecule has 2 aromatic carbocycles. The molecule has 0 saturated heterocycles. The summed E-state index contributed by atoms with van der Waals surface area (Å²) < 4.78 is 6.00. The smallest absolute Gasteiger partial charge is 0.249 e. The van der Waals surface area contributed by atoms with Crippen molar-refractivity contribution in [3.63, 3.8) is 0 Å². The summed E-state index contributed by atoms with van der Waals surface area (Å²) in [6, 6.07) is 15.4. The average Bonchev–Trinajstić information content (AvgIpc) is 3.04. The van der Waals surface area contributed by atoms with Crippen molar-refractivity contribution in [3.05, 3.63) is 76.4 Å². The number of benzene rings is 2. The largest absolute Gasteiger partial charge is 0.366 e. The first-order valence-electron chi connectivity index (χ1n) is 7.44. The lowest BCUT2D eigenvalue weighted by Crippen LogP contribution is -2.12. The number of nitrogens with zero attached hydrogens (tertiary/aromatic N) is 2. The highest BCUT2D eigenvalue weighted by Gasteiger charge is 2.16. The van der Waals surface area contributed by atoms with Gasteiger partial charge in [0.05, 0.1) is 12.0 Å². The molecule has 0 aliphatic heterocycles. The number of aryl methyl sites for hydroxylation is 1. The van der Waals surface area contributed by atoms with Crippen molar-refractivity contribution < 1.29 is 9.32 Å². The standard InChI is InChI=1S/C18H15BrN3O2/c19-13-9-10-14(15(11-13)17(20)23)18-21-16(24-22-18)8-4-7-12-5-2-1-3-6-12/h1-3,5-6,8-11H,4,7H2,(H2,20,23). The third-order valence-electron chi connectivity index (χ3n) is 3.52. The van der Waals surface area contributed by atoms with E-state index in [0.29, 0.717) is 22.8 Å². The highest BCUT2D eigenvalue weighted by Crippen LogP contribution is 2.25. The third-order valence-corrected chi connectivity index (χ3v) is 4.02. The zero-order chi connectivity index (χ0) is 16.9. The summed E-state index contributed by atoms with van der Waals surface area (Å²) in [6.45, 7) is 0. The molecule has 3 aromatic rings. The van der Waals surface area contributed by atoms with Gasteiger partial charge in [0.1, 0.15) is 0 Å². The number of primary amides is 1. The Kier molecular flexibility index (Phi) is 5.05. The lowest BCUT2D eigenvalue weighted by atomic mass is 10.1. The van der Waals surface area contributed by atoms with Crippen LogP contribution >= 0.6 is 15.9 Å². The van der Waals surface area contributed by atoms with Crippen LogP contribution < -0.4 is 5.73 Å². The molecule has 3 rings (SSSR count). The molecule has 0 aliphatic rings. The zero-order valence-corrected chi connectivity index (χ0v) is 14.4. The van der Waals surface area contributed by atoms with Crippen LogP contribution in [0.25, 0.3) is 11.4 Å². The number of nitrogens with two attached hydrogens (primary N) is 1. The average molecular weight is 385 g/mol. The SMILES string of the molecule is NC(=O)c1cc(Br)ccc1-c1noc([CH]CCc2ccccc2)n1. The molecule has 1 amide bonds. The maximum atomic E-state index is 11.6. The first-order valence-corrected chi connectivity index (χ1v) is 8.23. The maximum Gasteiger partial charge on any atom is 0.249 e. The normalized spacial score (nSPS) is 10.7. The van der Waals surface area contributed by atoms with Gasteiger partial charge in [-0.15, -0.1) is 0 Å². The van der Waals surface area contributed by atoms with Crippen molar-refractivity contribution in [3.8, 4) is 11.4 Å². The number of carbonyl (C=O) groups excluding carboxylic acids is 1. The van der Waals surface area contributed by atoms with E-state index in [0.717, 1.165) is 17.3 Å². The molecule has 1 aromatic heterocycles. The van der Waals surface area contributed by atoms with Gasteiger partial charge in [0.25, 0.3) is 0 Å². The Hall–Kier alpha value is -2.47. The lowest BCUT2D eigenvalue weighted by molar-refractivity contribution is 0.100. The van der Waals surface area contributed by atoms with Crippen molar-refractivity contribution >= 4 is 21.8 Å². The molecular weight excluding hydrogens is 370 g/mol. The number of hydrogen-bond donors (Lipinski definition) is 1. The van der Waals surface area contributed by atoms with Crippen molar-refractivity contribution in [1.82, 2.24) is 10.1 Å². The molecule has 1 radical (unpaired) electrons. The van der Waals surface area contributed by atoms with Crippen LogP contribution in [0.1, 0.15) is 28.2 Å². The van der Waals surface area contributed by atoms with E-state index in [1.807, 2.05) is 24.6 Å². The molecule has 2 N–H and O–H groups in total. The molecule has 121 valence electrons. The number of halogens is 1. The van der Waals surface area contributed by atoms with Crippen LogP contribution in [0.3, 0.4) is 0 Å². The summed E-state index contributed by atoms with van der Waals surface area (Å²) in [6.07, 6.45) is 3.56. The lowest BCUT2D eigenvalue weighted by Gasteiger charge is -2.02. The predicted molar refractivity (Wildman–Crippen MR) is 94.1 cm³/mol. The van der Waals surface area contributed by atoms with Crippen LogP contribution in [0, 0.1) is 6.42 Å². The molecule has 0 fully saturated rings. The molecule has 0 saturated carbocycles. The summed E-state index contributed by atoms with van der Waals surface area (Å²) in [7, 11) is 0. The predicted octanol–water partition coefficient (Wildman–Crippen LogP) is 3.78. The van der Waals surface area contributed by atoms with Crippen LogP contribution in [-0.4, -0.2) is 16.0 Å². The van der Waals surface area contributed by atoms with E-state index in [1.54, 1.807) is 18.2 Å². The Bertz CT molecular complexity index is 846. The molecule has 24 heavy (non-hydrogen) atoms. The quantitative estimate of drug-likeness (QED) is 0.700. The fraction of sp³-hybridized carbons (Fsp3) is 0.111. The van der Waals surface area contributed by atoms with Crippen LogP contribution in [-0.2, 0) is 6.42 Å². The molecule has 0 unspecified atom stereocenters. The van der Waals surface area contributed by atoms with Gasteiger partial charge >= 0.3 is 0 Å². The van der Waals surface area contributed by atoms with Gasteiger partial charge in [0, 0.05) is 10.0 Å². The van der Waals surface area contributed by atoms with Crippen LogP contribution in [0.4, 0.5) is 0 Å². The number of hydrogen-bond acceptors (Lipinski definition) is 4. The second kappa shape index (κ2) is 7.40. The Labute approximate surface area is 148 Å². The summed E-state index contributed by atoms with van der Waals surface area (Å²) >= 11 is 3.32. The second-order valence-corrected chi connectivity index (χ2v) is 6.15. The minimum absolute atomic E-state index is 0.348. The van der Waals surface area contributed by atoms with Crippen molar-refractivity contribution in [2.75, 3.05) is 0 Å². The van der Waals surface area contributed by atoms with E-state index >= 15 is 0 Å². The Balaban J connectivity index is 1.71. The number of carbonyl (C=O) groups is 1. The van der Waals surface area contributed by atoms with Crippen LogP contribution in [0.5, 0.6) is 0 Å². The van der Waals surface area contributed by atoms with Crippen molar-refractivity contribution in [1.29, 1.82) is 0 Å². The van der Waals surface area contributed by atoms with E-state index in [-0.39, 0.29) is 0 Å². The molecule has 0 aliphatic carbocycles. The molecule has 0 spiro atoms. The highest BCUT2D eigenvalue weighted by atomic mass is 79.9. The first kappa shape index (κ1) is 16.4. The van der Waals surface area contributed by atoms with Gasteiger partial charge in [-0.25, -0.2) is 0 Å². The monoisotopic (exact) mass is 384 g/mol. The van der Waals surface area contributed by atoms with Gasteiger partial charge in [0.2, 0.25) is 17.6 Å². The summed E-state index contributed by atoms with van der Waals surface area (Å²) in [5.74, 6) is 0.243. The Morgan fingerprint density at radius 3 is 2.75 bits per heavy atom. The van der Waals surface area contributed by atoms with Gasteiger partial charge in [0.15, 0.2) is 0 Å². The van der Waals surface area contributed by atoms with E-state index in [4.69, 9.17) is 10.3 Å². The van der Waals surface area contributed by atoms with E-state index < -0.39 is 5.91 Å². The fourth-order valence-electron chi connectivity index (χ4n) is 2.35. The number of aromatic nitrogens is 2. The minimum Gasteiger partial charge on any atom is -0.366 e. The first-order chi connectivity index (χ1) is 11.6. The molecule has 1 heterocycles. The topological polar surface area (TPSA) is 82.0 Å². The van der Waals surface area contributed by atoms with Crippen molar-refractivity contribution in [2.24, 2.45) is 5.73 Å². The zero-order valence-electron chi connectivity index (χ0n) is 12.8. The molecule has 5 nitrogen and oxygen atoms in total.